The van der Waals surface area contributed by atoms with E-state index in [9.17, 15) is 9.59 Å². The Labute approximate surface area is 163 Å². The van der Waals surface area contributed by atoms with Crippen LogP contribution in [0.2, 0.25) is 15.1 Å². The lowest BCUT2D eigenvalue weighted by molar-refractivity contribution is -0.120. The predicted molar refractivity (Wildman–Crippen MR) is 104 cm³/mol. The summed E-state index contributed by atoms with van der Waals surface area (Å²) in [5.41, 5.74) is 6.98. The molecule has 2 amide bonds. The van der Waals surface area contributed by atoms with Gasteiger partial charge in [0.25, 0.3) is 0 Å². The molecular formula is C16H12Cl3N3O2S. The molecule has 1 aliphatic heterocycles. The van der Waals surface area contributed by atoms with Gasteiger partial charge in [-0.2, -0.15) is 0 Å². The SMILES string of the molecule is Nc1c(Cl)cc(NC(=O)CC2Sc3ccc(Cl)cc3NC2=O)cc1Cl. The number of halogens is 3. The van der Waals surface area contributed by atoms with Crippen LogP contribution < -0.4 is 16.4 Å². The number of anilines is 3. The summed E-state index contributed by atoms with van der Waals surface area (Å²) in [6.07, 6.45) is -0.00180. The number of fused-ring (bicyclic) bond motifs is 1. The summed E-state index contributed by atoms with van der Waals surface area (Å²) in [4.78, 5) is 25.3. The highest BCUT2D eigenvalue weighted by molar-refractivity contribution is 8.01. The van der Waals surface area contributed by atoms with Crippen molar-refractivity contribution in [2.24, 2.45) is 0 Å². The Balaban J connectivity index is 1.69. The molecule has 3 rings (SSSR count). The van der Waals surface area contributed by atoms with Crippen LogP contribution in [0, 0.1) is 0 Å². The van der Waals surface area contributed by atoms with Crippen molar-refractivity contribution in [3.8, 4) is 0 Å². The topological polar surface area (TPSA) is 84.2 Å². The van der Waals surface area contributed by atoms with Gasteiger partial charge in [0.2, 0.25) is 11.8 Å². The molecule has 1 heterocycles. The van der Waals surface area contributed by atoms with Gasteiger partial charge in [-0.3, -0.25) is 9.59 Å². The molecule has 0 radical (unpaired) electrons. The normalized spacial score (nSPS) is 16.1. The zero-order valence-corrected chi connectivity index (χ0v) is 15.7. The zero-order valence-electron chi connectivity index (χ0n) is 12.6. The second-order valence-electron chi connectivity index (χ2n) is 5.34. The number of carbonyl (C=O) groups is 2. The first kappa shape index (κ1) is 18.2. The third kappa shape index (κ3) is 4.15. The molecule has 4 N–H and O–H groups in total. The van der Waals surface area contributed by atoms with Gasteiger partial charge in [-0.1, -0.05) is 34.8 Å². The van der Waals surface area contributed by atoms with Crippen LogP contribution in [0.1, 0.15) is 6.42 Å². The number of thioether (sulfide) groups is 1. The lowest BCUT2D eigenvalue weighted by atomic mass is 10.2. The van der Waals surface area contributed by atoms with Crippen LogP contribution in [0.15, 0.2) is 35.2 Å². The van der Waals surface area contributed by atoms with Crippen molar-refractivity contribution in [2.45, 2.75) is 16.6 Å². The Morgan fingerprint density at radius 2 is 1.88 bits per heavy atom. The summed E-state index contributed by atoms with van der Waals surface area (Å²) in [7, 11) is 0. The van der Waals surface area contributed by atoms with Crippen molar-refractivity contribution >= 4 is 75.4 Å². The van der Waals surface area contributed by atoms with E-state index in [2.05, 4.69) is 10.6 Å². The van der Waals surface area contributed by atoms with Gasteiger partial charge in [0.1, 0.15) is 0 Å². The Morgan fingerprint density at radius 3 is 2.56 bits per heavy atom. The third-order valence-electron chi connectivity index (χ3n) is 3.49. The summed E-state index contributed by atoms with van der Waals surface area (Å²) in [6, 6.07) is 8.24. The minimum atomic E-state index is -0.548. The Hall–Kier alpha value is -1.60. The highest BCUT2D eigenvalue weighted by atomic mass is 35.5. The number of rotatable bonds is 3. The summed E-state index contributed by atoms with van der Waals surface area (Å²) in [5, 5.41) is 5.92. The standard InChI is InChI=1S/C16H12Cl3N3O2S/c17-7-1-2-12-11(3-7)22-16(24)13(25-12)6-14(23)21-8-4-9(18)15(20)10(19)5-8/h1-5,13H,6,20H2,(H,21,23)(H,22,24). The molecule has 0 saturated heterocycles. The Bertz CT molecular complexity index is 853. The van der Waals surface area contributed by atoms with Crippen LogP contribution >= 0.6 is 46.6 Å². The Kier molecular flexibility index (Phi) is 5.34. The molecule has 1 aliphatic rings. The van der Waals surface area contributed by atoms with Crippen LogP contribution in [-0.4, -0.2) is 17.1 Å². The molecule has 5 nitrogen and oxygen atoms in total. The smallest absolute Gasteiger partial charge is 0.238 e. The number of benzene rings is 2. The molecule has 0 spiro atoms. The molecular weight excluding hydrogens is 405 g/mol. The van der Waals surface area contributed by atoms with E-state index in [1.165, 1.54) is 23.9 Å². The van der Waals surface area contributed by atoms with Crippen molar-refractivity contribution < 1.29 is 9.59 Å². The van der Waals surface area contributed by atoms with Crippen molar-refractivity contribution in [1.82, 2.24) is 0 Å². The minimum absolute atomic E-state index is 0.00180. The van der Waals surface area contributed by atoms with Crippen LogP contribution in [0.4, 0.5) is 17.1 Å². The fraction of sp³-hybridized carbons (Fsp3) is 0.125. The number of hydrogen-bond acceptors (Lipinski definition) is 4. The van der Waals surface area contributed by atoms with Gasteiger partial charge < -0.3 is 16.4 Å². The van der Waals surface area contributed by atoms with Crippen LogP contribution in [-0.2, 0) is 9.59 Å². The van der Waals surface area contributed by atoms with Crippen molar-refractivity contribution in [1.29, 1.82) is 0 Å². The summed E-state index contributed by atoms with van der Waals surface area (Å²) in [5.74, 6) is -0.578. The number of nitrogen functional groups attached to an aromatic ring is 1. The monoisotopic (exact) mass is 415 g/mol. The number of carbonyl (C=O) groups excluding carboxylic acids is 2. The minimum Gasteiger partial charge on any atom is -0.396 e. The van der Waals surface area contributed by atoms with E-state index in [0.717, 1.165) is 4.90 Å². The van der Waals surface area contributed by atoms with E-state index < -0.39 is 5.25 Å². The van der Waals surface area contributed by atoms with Gasteiger partial charge in [-0.15, -0.1) is 11.8 Å². The zero-order chi connectivity index (χ0) is 18.1. The highest BCUT2D eigenvalue weighted by Crippen LogP contribution is 2.38. The largest absolute Gasteiger partial charge is 0.396 e. The summed E-state index contributed by atoms with van der Waals surface area (Å²) < 4.78 is 0. The number of nitrogens with one attached hydrogen (secondary N) is 2. The van der Waals surface area contributed by atoms with Crippen molar-refractivity contribution in [2.75, 3.05) is 16.4 Å². The van der Waals surface area contributed by atoms with Gasteiger partial charge in [-0.05, 0) is 30.3 Å². The maximum Gasteiger partial charge on any atom is 0.238 e. The fourth-order valence-corrected chi connectivity index (χ4v) is 4.04. The third-order valence-corrected chi connectivity index (χ3v) is 5.63. The van der Waals surface area contributed by atoms with E-state index in [0.29, 0.717) is 16.4 Å². The van der Waals surface area contributed by atoms with Crippen molar-refractivity contribution in [3.05, 3.63) is 45.4 Å². The van der Waals surface area contributed by atoms with E-state index in [4.69, 9.17) is 40.5 Å². The average Bonchev–Trinajstić information content (AvgIpc) is 2.53. The maximum atomic E-state index is 12.3. The van der Waals surface area contributed by atoms with Crippen LogP contribution in [0.5, 0.6) is 0 Å². The molecule has 2 aromatic rings. The lowest BCUT2D eigenvalue weighted by Gasteiger charge is -2.23. The molecule has 0 bridgehead atoms. The molecule has 1 unspecified atom stereocenters. The van der Waals surface area contributed by atoms with Crippen LogP contribution in [0.25, 0.3) is 0 Å². The lowest BCUT2D eigenvalue weighted by Crippen LogP contribution is -2.32. The van der Waals surface area contributed by atoms with Gasteiger partial charge in [0.15, 0.2) is 0 Å². The van der Waals surface area contributed by atoms with E-state index in [1.807, 2.05) is 6.07 Å². The van der Waals surface area contributed by atoms with E-state index in [-0.39, 0.29) is 34.0 Å². The first-order valence-electron chi connectivity index (χ1n) is 7.15. The highest BCUT2D eigenvalue weighted by Gasteiger charge is 2.29. The molecule has 0 saturated carbocycles. The maximum absolute atomic E-state index is 12.3. The first-order valence-corrected chi connectivity index (χ1v) is 9.16. The van der Waals surface area contributed by atoms with Gasteiger partial charge in [0, 0.05) is 22.0 Å². The second kappa shape index (κ2) is 7.33. The molecule has 0 aromatic heterocycles. The van der Waals surface area contributed by atoms with Gasteiger partial charge in [-0.25, -0.2) is 0 Å². The van der Waals surface area contributed by atoms with Crippen LogP contribution in [0.3, 0.4) is 0 Å². The molecule has 25 heavy (non-hydrogen) atoms. The molecule has 0 fully saturated rings. The van der Waals surface area contributed by atoms with Gasteiger partial charge >= 0.3 is 0 Å². The predicted octanol–water partition coefficient (Wildman–Crippen LogP) is 4.67. The van der Waals surface area contributed by atoms with Gasteiger partial charge in [0.05, 0.1) is 26.7 Å². The first-order chi connectivity index (χ1) is 11.8. The molecule has 0 aliphatic carbocycles. The number of hydrogen-bond donors (Lipinski definition) is 3. The molecule has 2 aromatic carbocycles. The fourth-order valence-electron chi connectivity index (χ4n) is 2.29. The average molecular weight is 417 g/mol. The van der Waals surface area contributed by atoms with E-state index >= 15 is 0 Å². The van der Waals surface area contributed by atoms with E-state index in [1.54, 1.807) is 12.1 Å². The molecule has 1 atom stereocenters. The molecule has 130 valence electrons. The van der Waals surface area contributed by atoms with Crippen molar-refractivity contribution in [3.63, 3.8) is 0 Å². The number of amides is 2. The Morgan fingerprint density at radius 1 is 1.20 bits per heavy atom. The second-order valence-corrected chi connectivity index (χ2v) is 7.84. The summed E-state index contributed by atoms with van der Waals surface area (Å²) in [6.45, 7) is 0. The quantitative estimate of drug-likeness (QED) is 0.635. The number of nitrogens with two attached hydrogens (primary N) is 1. The summed E-state index contributed by atoms with van der Waals surface area (Å²) >= 11 is 19.1. The molecule has 9 heteroatoms.